The minimum atomic E-state index is -0.390. The fourth-order valence-electron chi connectivity index (χ4n) is 2.34. The summed E-state index contributed by atoms with van der Waals surface area (Å²) in [7, 11) is 2.05. The van der Waals surface area contributed by atoms with Crippen LogP contribution in [0, 0.1) is 0 Å². The van der Waals surface area contributed by atoms with Crippen molar-refractivity contribution in [3.05, 3.63) is 10.8 Å². The lowest BCUT2D eigenvalue weighted by molar-refractivity contribution is 0.0915. The summed E-state index contributed by atoms with van der Waals surface area (Å²) in [5.74, 6) is -0.393. The van der Waals surface area contributed by atoms with Crippen molar-refractivity contribution in [2.75, 3.05) is 31.6 Å². The molecule has 1 atom stereocenters. The van der Waals surface area contributed by atoms with Crippen LogP contribution in [0.4, 0.5) is 11.6 Å². The second kappa shape index (κ2) is 5.41. The Kier molecular flexibility index (Phi) is 4.01. The zero-order valence-corrected chi connectivity index (χ0v) is 12.4. The number of halogens is 1. The van der Waals surface area contributed by atoms with Crippen LogP contribution in [-0.2, 0) is 0 Å². The zero-order chi connectivity index (χ0) is 14.9. The molecular weight excluding hydrogens is 280 g/mol. The van der Waals surface area contributed by atoms with E-state index in [0.717, 1.165) is 19.4 Å². The smallest absolute Gasteiger partial charge is 0.273 e. The van der Waals surface area contributed by atoms with Crippen molar-refractivity contribution in [1.82, 2.24) is 20.2 Å². The molecule has 1 fully saturated rings. The van der Waals surface area contributed by atoms with Gasteiger partial charge in [0, 0.05) is 12.1 Å². The van der Waals surface area contributed by atoms with Crippen LogP contribution in [0.15, 0.2) is 0 Å². The number of nitrogens with two attached hydrogens (primary N) is 2. The number of anilines is 2. The number of hydrogen-bond acceptors (Lipinski definition) is 6. The van der Waals surface area contributed by atoms with Crippen molar-refractivity contribution < 1.29 is 4.79 Å². The Labute approximate surface area is 122 Å². The molecule has 2 heterocycles. The maximum absolute atomic E-state index is 12.1. The lowest BCUT2D eigenvalue weighted by atomic mass is 9.99. The number of rotatable bonds is 3. The quantitative estimate of drug-likeness (QED) is 0.750. The molecule has 1 aliphatic heterocycles. The van der Waals surface area contributed by atoms with Crippen LogP contribution in [0.1, 0.15) is 30.3 Å². The van der Waals surface area contributed by atoms with Crippen LogP contribution < -0.4 is 16.8 Å². The average molecular weight is 299 g/mol. The molecule has 1 aliphatic rings. The van der Waals surface area contributed by atoms with Crippen LogP contribution in [-0.4, -0.2) is 46.5 Å². The molecule has 1 aromatic rings. The molecule has 8 heteroatoms. The van der Waals surface area contributed by atoms with E-state index in [1.807, 2.05) is 7.05 Å². The first-order valence-corrected chi connectivity index (χ1v) is 6.79. The van der Waals surface area contributed by atoms with Crippen LogP contribution >= 0.6 is 11.6 Å². The number of aromatic nitrogens is 2. The minimum Gasteiger partial charge on any atom is -0.382 e. The van der Waals surface area contributed by atoms with Crippen molar-refractivity contribution in [2.45, 2.75) is 25.3 Å². The van der Waals surface area contributed by atoms with Gasteiger partial charge in [0.1, 0.15) is 0 Å². The number of carbonyl (C=O) groups is 1. The van der Waals surface area contributed by atoms with E-state index < -0.39 is 5.91 Å². The summed E-state index contributed by atoms with van der Waals surface area (Å²) in [6, 6.07) is 0. The summed E-state index contributed by atoms with van der Waals surface area (Å²) in [6.45, 7) is 3.67. The standard InChI is InChI=1S/C12H19ClN6O/c1-12(4-3-5-19(12)2)6-16-11(20)7-9(14)18-10(15)8(13)17-7/h3-6H2,1-2H3,(H,16,20)(H4,14,15,18)/t12-/m0/s1. The van der Waals surface area contributed by atoms with Gasteiger partial charge in [0.05, 0.1) is 0 Å². The Hall–Kier alpha value is -1.60. The van der Waals surface area contributed by atoms with Crippen LogP contribution in [0.25, 0.3) is 0 Å². The van der Waals surface area contributed by atoms with Gasteiger partial charge in [0.25, 0.3) is 5.91 Å². The van der Waals surface area contributed by atoms with E-state index in [1.165, 1.54) is 0 Å². The first kappa shape index (κ1) is 14.8. The maximum Gasteiger partial charge on any atom is 0.273 e. The first-order valence-electron chi connectivity index (χ1n) is 6.41. The minimum absolute atomic E-state index is 0.00782. The van der Waals surface area contributed by atoms with Gasteiger partial charge in [0.2, 0.25) is 0 Å². The third-order valence-electron chi connectivity index (χ3n) is 3.88. The normalized spacial score (nSPS) is 22.9. The van der Waals surface area contributed by atoms with Crippen LogP contribution in [0.5, 0.6) is 0 Å². The highest BCUT2D eigenvalue weighted by atomic mass is 35.5. The first-order chi connectivity index (χ1) is 9.33. The van der Waals surface area contributed by atoms with Crippen molar-refractivity contribution >= 4 is 29.1 Å². The summed E-state index contributed by atoms with van der Waals surface area (Å²) >= 11 is 5.77. The third-order valence-corrected chi connectivity index (χ3v) is 4.16. The maximum atomic E-state index is 12.1. The van der Waals surface area contributed by atoms with Crippen molar-refractivity contribution in [3.63, 3.8) is 0 Å². The Balaban J connectivity index is 2.08. The highest BCUT2D eigenvalue weighted by Crippen LogP contribution is 2.26. The number of carbonyl (C=O) groups excluding carboxylic acids is 1. The monoisotopic (exact) mass is 298 g/mol. The molecular formula is C12H19ClN6O. The van der Waals surface area contributed by atoms with Crippen LogP contribution in [0.2, 0.25) is 5.15 Å². The van der Waals surface area contributed by atoms with Gasteiger partial charge in [-0.2, -0.15) is 0 Å². The molecule has 0 radical (unpaired) electrons. The molecule has 0 aliphatic carbocycles. The molecule has 0 aromatic carbocycles. The Bertz CT molecular complexity index is 537. The van der Waals surface area contributed by atoms with E-state index in [0.29, 0.717) is 6.54 Å². The second-order valence-corrected chi connectivity index (χ2v) is 5.70. The predicted molar refractivity (Wildman–Crippen MR) is 78.5 cm³/mol. The molecule has 0 unspecified atom stereocenters. The molecule has 110 valence electrons. The highest BCUT2D eigenvalue weighted by Gasteiger charge is 2.34. The van der Waals surface area contributed by atoms with E-state index in [1.54, 1.807) is 0 Å². The molecule has 5 N–H and O–H groups in total. The summed E-state index contributed by atoms with van der Waals surface area (Å²) in [4.78, 5) is 22.0. The Morgan fingerprint density at radius 3 is 2.75 bits per heavy atom. The average Bonchev–Trinajstić information content (AvgIpc) is 2.72. The molecule has 0 bridgehead atoms. The van der Waals surface area contributed by atoms with Gasteiger partial charge >= 0.3 is 0 Å². The molecule has 0 saturated carbocycles. The summed E-state index contributed by atoms with van der Waals surface area (Å²) in [5.41, 5.74) is 11.1. The van der Waals surface area contributed by atoms with E-state index in [9.17, 15) is 4.79 Å². The SMILES string of the molecule is CN1CCC[C@@]1(C)CNC(=O)c1nc(Cl)c(N)nc1N. The van der Waals surface area contributed by atoms with Crippen molar-refractivity contribution in [3.8, 4) is 0 Å². The number of likely N-dealkylation sites (N-methyl/N-ethyl adjacent to an activating group) is 1. The van der Waals surface area contributed by atoms with E-state index in [-0.39, 0.29) is 28.0 Å². The zero-order valence-electron chi connectivity index (χ0n) is 11.6. The molecule has 0 spiro atoms. The lowest BCUT2D eigenvalue weighted by Crippen LogP contribution is -2.48. The number of amides is 1. The van der Waals surface area contributed by atoms with Gasteiger partial charge in [-0.15, -0.1) is 0 Å². The summed E-state index contributed by atoms with van der Waals surface area (Å²) in [6.07, 6.45) is 2.16. The van der Waals surface area contributed by atoms with Gasteiger partial charge < -0.3 is 16.8 Å². The lowest BCUT2D eigenvalue weighted by Gasteiger charge is -2.32. The van der Waals surface area contributed by atoms with E-state index in [4.69, 9.17) is 23.1 Å². The summed E-state index contributed by atoms with van der Waals surface area (Å²) < 4.78 is 0. The third kappa shape index (κ3) is 2.78. The second-order valence-electron chi connectivity index (χ2n) is 5.34. The molecule has 1 saturated heterocycles. The van der Waals surface area contributed by atoms with Gasteiger partial charge in [-0.05, 0) is 33.4 Å². The topological polar surface area (TPSA) is 110 Å². The predicted octanol–water partition coefficient (Wildman–Crippen LogP) is 0.509. The number of likely N-dealkylation sites (tertiary alicyclic amines) is 1. The molecule has 1 amide bonds. The van der Waals surface area contributed by atoms with Gasteiger partial charge in [-0.3, -0.25) is 9.69 Å². The Morgan fingerprint density at radius 1 is 1.45 bits per heavy atom. The molecule has 1 aromatic heterocycles. The summed E-state index contributed by atoms with van der Waals surface area (Å²) in [5, 5.41) is 2.82. The number of nitrogens with zero attached hydrogens (tertiary/aromatic N) is 3. The highest BCUT2D eigenvalue weighted by molar-refractivity contribution is 6.31. The van der Waals surface area contributed by atoms with Gasteiger partial charge in [0.15, 0.2) is 22.5 Å². The number of nitrogen functional groups attached to an aromatic ring is 2. The fourth-order valence-corrected chi connectivity index (χ4v) is 2.47. The van der Waals surface area contributed by atoms with Crippen LogP contribution in [0.3, 0.4) is 0 Å². The molecule has 7 nitrogen and oxygen atoms in total. The number of nitrogens with one attached hydrogen (secondary N) is 1. The fraction of sp³-hybridized carbons (Fsp3) is 0.583. The van der Waals surface area contributed by atoms with E-state index >= 15 is 0 Å². The van der Waals surface area contributed by atoms with Crippen molar-refractivity contribution in [2.24, 2.45) is 0 Å². The van der Waals surface area contributed by atoms with Crippen molar-refractivity contribution in [1.29, 1.82) is 0 Å². The van der Waals surface area contributed by atoms with Gasteiger partial charge in [-0.1, -0.05) is 11.6 Å². The Morgan fingerprint density at radius 2 is 2.15 bits per heavy atom. The molecule has 2 rings (SSSR count). The number of hydrogen-bond donors (Lipinski definition) is 3. The molecule has 20 heavy (non-hydrogen) atoms. The van der Waals surface area contributed by atoms with Gasteiger partial charge in [-0.25, -0.2) is 9.97 Å². The largest absolute Gasteiger partial charge is 0.382 e. The van der Waals surface area contributed by atoms with E-state index in [2.05, 4.69) is 27.1 Å².